The fraction of sp³-hybridized carbons (Fsp3) is 0.636. The Morgan fingerprint density at radius 3 is 3.13 bits per heavy atom. The normalized spacial score (nSPS) is 22.9. The molecule has 0 aromatic carbocycles. The van der Waals surface area contributed by atoms with Crippen LogP contribution in [0.15, 0.2) is 12.4 Å². The van der Waals surface area contributed by atoms with E-state index in [0.29, 0.717) is 11.1 Å². The van der Waals surface area contributed by atoms with Crippen LogP contribution < -0.4 is 0 Å². The van der Waals surface area contributed by atoms with Crippen molar-refractivity contribution in [3.05, 3.63) is 23.2 Å². The molecule has 0 N–H and O–H groups in total. The summed E-state index contributed by atoms with van der Waals surface area (Å²) >= 11 is 5.81. The Kier molecular flexibility index (Phi) is 3.54. The second-order valence-corrected chi connectivity index (χ2v) is 4.70. The van der Waals surface area contributed by atoms with Crippen molar-refractivity contribution in [1.82, 2.24) is 14.9 Å². The van der Waals surface area contributed by atoms with E-state index < -0.39 is 0 Å². The summed E-state index contributed by atoms with van der Waals surface area (Å²) in [5.74, 6) is 0.705. The SMILES string of the molecule is CN1CCC[C@@H](Cc2cncc(Cl)n2)C1. The average Bonchev–Trinajstić information content (AvgIpc) is 2.17. The van der Waals surface area contributed by atoms with E-state index in [4.69, 9.17) is 11.6 Å². The smallest absolute Gasteiger partial charge is 0.147 e. The molecule has 2 rings (SSSR count). The Bertz CT molecular complexity index is 329. The maximum absolute atomic E-state index is 5.81. The van der Waals surface area contributed by atoms with Gasteiger partial charge in [-0.05, 0) is 38.8 Å². The maximum Gasteiger partial charge on any atom is 0.147 e. The van der Waals surface area contributed by atoms with Gasteiger partial charge >= 0.3 is 0 Å². The van der Waals surface area contributed by atoms with E-state index in [-0.39, 0.29) is 0 Å². The van der Waals surface area contributed by atoms with Gasteiger partial charge in [0.15, 0.2) is 0 Å². The van der Waals surface area contributed by atoms with Crippen LogP contribution >= 0.6 is 11.6 Å². The van der Waals surface area contributed by atoms with Crippen LogP contribution in [0.5, 0.6) is 0 Å². The summed E-state index contributed by atoms with van der Waals surface area (Å²) in [6.07, 6.45) is 6.98. The minimum absolute atomic E-state index is 0.497. The molecule has 0 amide bonds. The molecule has 1 aliphatic rings. The fourth-order valence-electron chi connectivity index (χ4n) is 2.21. The van der Waals surface area contributed by atoms with E-state index in [2.05, 4.69) is 21.9 Å². The Labute approximate surface area is 95.5 Å². The van der Waals surface area contributed by atoms with Gasteiger partial charge in [0.2, 0.25) is 0 Å². The van der Waals surface area contributed by atoms with Crippen molar-refractivity contribution in [2.75, 3.05) is 20.1 Å². The van der Waals surface area contributed by atoms with E-state index in [1.165, 1.54) is 19.4 Å². The number of aromatic nitrogens is 2. The van der Waals surface area contributed by atoms with Crippen LogP contribution in [0.2, 0.25) is 5.15 Å². The molecule has 1 aromatic rings. The van der Waals surface area contributed by atoms with Crippen molar-refractivity contribution in [3.8, 4) is 0 Å². The number of nitrogens with zero attached hydrogens (tertiary/aromatic N) is 3. The lowest BCUT2D eigenvalue weighted by atomic mass is 9.94. The highest BCUT2D eigenvalue weighted by molar-refractivity contribution is 6.29. The first-order valence-electron chi connectivity index (χ1n) is 5.39. The Morgan fingerprint density at radius 1 is 1.53 bits per heavy atom. The molecule has 1 aliphatic heterocycles. The molecule has 1 atom stereocenters. The lowest BCUT2D eigenvalue weighted by Crippen LogP contribution is -2.33. The predicted octanol–water partition coefficient (Wildman–Crippen LogP) is 2.01. The Morgan fingerprint density at radius 2 is 2.40 bits per heavy atom. The third-order valence-corrected chi connectivity index (χ3v) is 3.06. The molecule has 4 heteroatoms. The molecule has 0 spiro atoms. The molecular formula is C11H16ClN3. The van der Waals surface area contributed by atoms with Gasteiger partial charge in [-0.1, -0.05) is 11.6 Å². The second-order valence-electron chi connectivity index (χ2n) is 4.31. The summed E-state index contributed by atoms with van der Waals surface area (Å²) in [6.45, 7) is 2.38. The topological polar surface area (TPSA) is 29.0 Å². The third kappa shape index (κ3) is 3.14. The van der Waals surface area contributed by atoms with Crippen molar-refractivity contribution in [3.63, 3.8) is 0 Å². The maximum atomic E-state index is 5.81. The van der Waals surface area contributed by atoms with Crippen LogP contribution in [0, 0.1) is 5.92 Å². The van der Waals surface area contributed by atoms with Crippen molar-refractivity contribution in [2.24, 2.45) is 5.92 Å². The zero-order valence-electron chi connectivity index (χ0n) is 8.99. The highest BCUT2D eigenvalue weighted by Crippen LogP contribution is 2.19. The van der Waals surface area contributed by atoms with Crippen LogP contribution in [0.1, 0.15) is 18.5 Å². The zero-order valence-corrected chi connectivity index (χ0v) is 9.74. The Balaban J connectivity index is 1.96. The summed E-state index contributed by atoms with van der Waals surface area (Å²) in [7, 11) is 2.18. The minimum Gasteiger partial charge on any atom is -0.306 e. The van der Waals surface area contributed by atoms with Crippen LogP contribution in [-0.2, 0) is 6.42 Å². The molecule has 0 unspecified atom stereocenters. The van der Waals surface area contributed by atoms with E-state index in [0.717, 1.165) is 18.7 Å². The first-order valence-corrected chi connectivity index (χ1v) is 5.77. The standard InChI is InChI=1S/C11H16ClN3/c1-15-4-2-3-9(8-15)5-10-6-13-7-11(12)14-10/h6-7,9H,2-5,8H2,1H3/t9-/m0/s1. The summed E-state index contributed by atoms with van der Waals surface area (Å²) in [5, 5.41) is 0.497. The minimum atomic E-state index is 0.497. The zero-order chi connectivity index (χ0) is 10.7. The molecule has 15 heavy (non-hydrogen) atoms. The molecule has 0 bridgehead atoms. The van der Waals surface area contributed by atoms with Crippen LogP contribution in [0.4, 0.5) is 0 Å². The number of likely N-dealkylation sites (tertiary alicyclic amines) is 1. The summed E-state index contributed by atoms with van der Waals surface area (Å²) in [6, 6.07) is 0. The van der Waals surface area contributed by atoms with Gasteiger partial charge < -0.3 is 4.90 Å². The van der Waals surface area contributed by atoms with Crippen LogP contribution in [0.25, 0.3) is 0 Å². The van der Waals surface area contributed by atoms with E-state index in [9.17, 15) is 0 Å². The molecule has 0 radical (unpaired) electrons. The molecule has 1 saturated heterocycles. The molecule has 1 fully saturated rings. The monoisotopic (exact) mass is 225 g/mol. The average molecular weight is 226 g/mol. The van der Waals surface area contributed by atoms with Gasteiger partial charge in [-0.15, -0.1) is 0 Å². The number of piperidine rings is 1. The molecule has 3 nitrogen and oxygen atoms in total. The molecule has 1 aromatic heterocycles. The van der Waals surface area contributed by atoms with Crippen molar-refractivity contribution in [1.29, 1.82) is 0 Å². The van der Waals surface area contributed by atoms with Crippen molar-refractivity contribution in [2.45, 2.75) is 19.3 Å². The van der Waals surface area contributed by atoms with Gasteiger partial charge in [0, 0.05) is 12.7 Å². The fourth-order valence-corrected chi connectivity index (χ4v) is 2.38. The van der Waals surface area contributed by atoms with Crippen molar-refractivity contribution >= 4 is 11.6 Å². The highest BCUT2D eigenvalue weighted by Gasteiger charge is 2.17. The second kappa shape index (κ2) is 4.90. The van der Waals surface area contributed by atoms with Gasteiger partial charge in [-0.3, -0.25) is 4.98 Å². The lowest BCUT2D eigenvalue weighted by Gasteiger charge is -2.29. The van der Waals surface area contributed by atoms with Gasteiger partial charge in [0.05, 0.1) is 11.9 Å². The van der Waals surface area contributed by atoms with Gasteiger partial charge in [0.25, 0.3) is 0 Å². The van der Waals surface area contributed by atoms with Gasteiger partial charge in [-0.2, -0.15) is 0 Å². The number of hydrogen-bond donors (Lipinski definition) is 0. The molecular weight excluding hydrogens is 210 g/mol. The quantitative estimate of drug-likeness (QED) is 0.771. The van der Waals surface area contributed by atoms with E-state index >= 15 is 0 Å². The summed E-state index contributed by atoms with van der Waals surface area (Å²) in [5.41, 5.74) is 1.02. The highest BCUT2D eigenvalue weighted by atomic mass is 35.5. The first kappa shape index (κ1) is 10.8. The number of rotatable bonds is 2. The lowest BCUT2D eigenvalue weighted by molar-refractivity contribution is 0.208. The van der Waals surface area contributed by atoms with E-state index in [1.54, 1.807) is 6.20 Å². The molecule has 0 aliphatic carbocycles. The largest absolute Gasteiger partial charge is 0.306 e. The van der Waals surface area contributed by atoms with Gasteiger partial charge in [-0.25, -0.2) is 4.98 Å². The Hall–Kier alpha value is -0.670. The number of hydrogen-bond acceptors (Lipinski definition) is 3. The summed E-state index contributed by atoms with van der Waals surface area (Å²) < 4.78 is 0. The van der Waals surface area contributed by atoms with Gasteiger partial charge in [0.1, 0.15) is 5.15 Å². The molecule has 82 valence electrons. The predicted molar refractivity (Wildman–Crippen MR) is 61.0 cm³/mol. The molecule has 0 saturated carbocycles. The van der Waals surface area contributed by atoms with Crippen molar-refractivity contribution < 1.29 is 0 Å². The third-order valence-electron chi connectivity index (χ3n) is 2.87. The van der Waals surface area contributed by atoms with E-state index in [1.807, 2.05) is 6.20 Å². The first-order chi connectivity index (χ1) is 7.24. The molecule has 2 heterocycles. The summed E-state index contributed by atoms with van der Waals surface area (Å²) in [4.78, 5) is 10.7. The van der Waals surface area contributed by atoms with Crippen LogP contribution in [-0.4, -0.2) is 35.0 Å². The number of halogens is 1. The van der Waals surface area contributed by atoms with Crippen LogP contribution in [0.3, 0.4) is 0 Å².